The lowest BCUT2D eigenvalue weighted by atomic mass is 9.72. The molecule has 0 aromatic carbocycles. The van der Waals surface area contributed by atoms with Crippen LogP contribution in [0.3, 0.4) is 0 Å². The van der Waals surface area contributed by atoms with Gasteiger partial charge in [-0.3, -0.25) is 4.90 Å². The maximum Gasteiger partial charge on any atom is 0.0385 e. The van der Waals surface area contributed by atoms with E-state index in [0.29, 0.717) is 11.5 Å². The van der Waals surface area contributed by atoms with E-state index in [9.17, 15) is 0 Å². The van der Waals surface area contributed by atoms with Crippen LogP contribution in [-0.2, 0) is 0 Å². The average Bonchev–Trinajstić information content (AvgIpc) is 2.65. The average molecular weight is 254 g/mol. The lowest BCUT2D eigenvalue weighted by Gasteiger charge is -2.52. The van der Waals surface area contributed by atoms with Crippen LogP contribution in [0, 0.1) is 5.41 Å². The molecule has 108 valence electrons. The van der Waals surface area contributed by atoms with Crippen molar-refractivity contribution in [3.05, 3.63) is 0 Å². The first-order valence-corrected chi connectivity index (χ1v) is 7.92. The minimum absolute atomic E-state index is 0.234. The molecule has 2 nitrogen and oxygen atoms in total. The summed E-state index contributed by atoms with van der Waals surface area (Å²) in [6.45, 7) is 13.8. The number of rotatable bonds is 7. The minimum Gasteiger partial charge on any atom is -0.329 e. The molecule has 0 radical (unpaired) electrons. The largest absolute Gasteiger partial charge is 0.329 e. The summed E-state index contributed by atoms with van der Waals surface area (Å²) in [6, 6.07) is 0.650. The molecule has 0 spiro atoms. The van der Waals surface area contributed by atoms with Gasteiger partial charge in [-0.05, 0) is 44.6 Å². The summed E-state index contributed by atoms with van der Waals surface area (Å²) in [6.07, 6.45) is 7.73. The van der Waals surface area contributed by atoms with Gasteiger partial charge in [0.2, 0.25) is 0 Å². The third-order valence-corrected chi connectivity index (χ3v) is 5.41. The normalized spacial score (nSPS) is 28.8. The van der Waals surface area contributed by atoms with Crippen LogP contribution >= 0.6 is 0 Å². The van der Waals surface area contributed by atoms with Crippen LogP contribution in [0.5, 0.6) is 0 Å². The van der Waals surface area contributed by atoms with E-state index in [1.807, 2.05) is 0 Å². The lowest BCUT2D eigenvalue weighted by Crippen LogP contribution is -2.62. The first-order chi connectivity index (χ1) is 8.45. The number of hydrogen-bond donors (Lipinski definition) is 1. The molecule has 1 fully saturated rings. The van der Waals surface area contributed by atoms with E-state index in [2.05, 4.69) is 39.5 Å². The summed E-state index contributed by atoms with van der Waals surface area (Å²) in [4.78, 5) is 2.75. The highest BCUT2D eigenvalue weighted by molar-refractivity contribution is 5.08. The molecule has 1 aliphatic carbocycles. The molecule has 0 bridgehead atoms. The molecule has 0 aromatic heterocycles. The van der Waals surface area contributed by atoms with Gasteiger partial charge in [0, 0.05) is 18.1 Å². The fraction of sp³-hybridized carbons (Fsp3) is 1.00. The molecule has 0 aliphatic heterocycles. The number of hydrogen-bond acceptors (Lipinski definition) is 2. The number of unbranched alkanes of at least 4 members (excludes halogenated alkanes) is 1. The van der Waals surface area contributed by atoms with Crippen molar-refractivity contribution >= 4 is 0 Å². The minimum atomic E-state index is 0.234. The van der Waals surface area contributed by atoms with Gasteiger partial charge in [-0.25, -0.2) is 0 Å². The molecule has 2 unspecified atom stereocenters. The predicted octanol–water partition coefficient (Wildman–Crippen LogP) is 3.79. The molecule has 1 rings (SSSR count). The van der Waals surface area contributed by atoms with Gasteiger partial charge in [0.05, 0.1) is 0 Å². The van der Waals surface area contributed by atoms with Gasteiger partial charge in [0.25, 0.3) is 0 Å². The molecule has 2 atom stereocenters. The highest BCUT2D eigenvalue weighted by Crippen LogP contribution is 2.50. The highest BCUT2D eigenvalue weighted by atomic mass is 15.2. The van der Waals surface area contributed by atoms with Crippen molar-refractivity contribution in [3.8, 4) is 0 Å². The number of nitrogens with two attached hydrogens (primary N) is 1. The fourth-order valence-corrected chi connectivity index (χ4v) is 3.83. The first-order valence-electron chi connectivity index (χ1n) is 7.92. The molecule has 2 heteroatoms. The van der Waals surface area contributed by atoms with E-state index in [4.69, 9.17) is 5.73 Å². The van der Waals surface area contributed by atoms with Crippen molar-refractivity contribution in [1.82, 2.24) is 4.90 Å². The van der Waals surface area contributed by atoms with E-state index in [0.717, 1.165) is 6.54 Å². The topological polar surface area (TPSA) is 29.3 Å². The number of nitrogens with zero attached hydrogens (tertiary/aromatic N) is 1. The first kappa shape index (κ1) is 16.0. The molecule has 0 amide bonds. The third kappa shape index (κ3) is 2.75. The van der Waals surface area contributed by atoms with Crippen LogP contribution in [-0.4, -0.2) is 29.6 Å². The Morgan fingerprint density at radius 1 is 1.22 bits per heavy atom. The molecule has 0 saturated heterocycles. The molecule has 0 aromatic rings. The van der Waals surface area contributed by atoms with Crippen LogP contribution in [0.4, 0.5) is 0 Å². The van der Waals surface area contributed by atoms with E-state index in [1.54, 1.807) is 0 Å². The van der Waals surface area contributed by atoms with Gasteiger partial charge in [0.15, 0.2) is 0 Å². The molecular weight excluding hydrogens is 220 g/mol. The zero-order chi connectivity index (χ0) is 13.8. The summed E-state index contributed by atoms with van der Waals surface area (Å²) in [5, 5.41) is 0. The Hall–Kier alpha value is -0.0800. The van der Waals surface area contributed by atoms with Gasteiger partial charge >= 0.3 is 0 Å². The van der Waals surface area contributed by atoms with E-state index in [-0.39, 0.29) is 5.54 Å². The quantitative estimate of drug-likeness (QED) is 0.749. The van der Waals surface area contributed by atoms with Crippen molar-refractivity contribution in [2.75, 3.05) is 13.1 Å². The zero-order valence-electron chi connectivity index (χ0n) is 13.3. The smallest absolute Gasteiger partial charge is 0.0385 e. The summed E-state index contributed by atoms with van der Waals surface area (Å²) in [5.74, 6) is 0. The maximum atomic E-state index is 6.27. The summed E-state index contributed by atoms with van der Waals surface area (Å²) >= 11 is 0. The Bertz CT molecular complexity index is 249. The molecule has 1 saturated carbocycles. The SMILES string of the molecule is CCCCN(C(C)CC)C1(CN)CCCC1(C)C. The van der Waals surface area contributed by atoms with Crippen molar-refractivity contribution in [2.24, 2.45) is 11.1 Å². The highest BCUT2D eigenvalue weighted by Gasteiger charge is 2.52. The molecule has 0 heterocycles. The van der Waals surface area contributed by atoms with Gasteiger partial charge in [-0.15, -0.1) is 0 Å². The molecule has 1 aliphatic rings. The van der Waals surface area contributed by atoms with Crippen LogP contribution in [0.1, 0.15) is 73.1 Å². The van der Waals surface area contributed by atoms with E-state index < -0.39 is 0 Å². The Morgan fingerprint density at radius 2 is 1.89 bits per heavy atom. The van der Waals surface area contributed by atoms with Gasteiger partial charge in [-0.1, -0.05) is 40.5 Å². The van der Waals surface area contributed by atoms with Crippen LogP contribution < -0.4 is 5.73 Å². The van der Waals surface area contributed by atoms with Crippen LogP contribution in [0.2, 0.25) is 0 Å². The fourth-order valence-electron chi connectivity index (χ4n) is 3.83. The lowest BCUT2D eigenvalue weighted by molar-refractivity contribution is -0.0167. The van der Waals surface area contributed by atoms with Gasteiger partial charge in [0.1, 0.15) is 0 Å². The zero-order valence-corrected chi connectivity index (χ0v) is 13.3. The Labute approximate surface area is 114 Å². The second kappa shape index (κ2) is 6.38. The standard InChI is InChI=1S/C16H34N2/c1-6-8-12-18(14(3)7-2)16(13-17)11-9-10-15(16,4)5/h14H,6-13,17H2,1-5H3. The Morgan fingerprint density at radius 3 is 2.28 bits per heavy atom. The Balaban J connectivity index is 2.99. The third-order valence-electron chi connectivity index (χ3n) is 5.41. The van der Waals surface area contributed by atoms with E-state index >= 15 is 0 Å². The summed E-state index contributed by atoms with van der Waals surface area (Å²) in [7, 11) is 0. The van der Waals surface area contributed by atoms with Crippen molar-refractivity contribution in [3.63, 3.8) is 0 Å². The van der Waals surface area contributed by atoms with Crippen molar-refractivity contribution < 1.29 is 0 Å². The second-order valence-corrected chi connectivity index (χ2v) is 6.78. The van der Waals surface area contributed by atoms with Crippen LogP contribution in [0.15, 0.2) is 0 Å². The van der Waals surface area contributed by atoms with Gasteiger partial charge in [-0.2, -0.15) is 0 Å². The summed E-state index contributed by atoms with van der Waals surface area (Å²) in [5.41, 5.74) is 6.86. The van der Waals surface area contributed by atoms with Crippen molar-refractivity contribution in [1.29, 1.82) is 0 Å². The van der Waals surface area contributed by atoms with Crippen LogP contribution in [0.25, 0.3) is 0 Å². The van der Waals surface area contributed by atoms with Gasteiger partial charge < -0.3 is 5.73 Å². The van der Waals surface area contributed by atoms with E-state index in [1.165, 1.54) is 45.1 Å². The summed E-state index contributed by atoms with van der Waals surface area (Å²) < 4.78 is 0. The monoisotopic (exact) mass is 254 g/mol. The van der Waals surface area contributed by atoms with Crippen molar-refractivity contribution in [2.45, 2.75) is 84.7 Å². The maximum absolute atomic E-state index is 6.27. The molecular formula is C16H34N2. The second-order valence-electron chi connectivity index (χ2n) is 6.78. The predicted molar refractivity (Wildman–Crippen MR) is 80.8 cm³/mol. The molecule has 18 heavy (non-hydrogen) atoms. The molecule has 2 N–H and O–H groups in total. The Kier molecular flexibility index (Phi) is 5.67.